The van der Waals surface area contributed by atoms with Gasteiger partial charge in [-0.25, -0.2) is 13.1 Å². The third-order valence-electron chi connectivity index (χ3n) is 5.71. The first kappa shape index (κ1) is 24.3. The van der Waals surface area contributed by atoms with Gasteiger partial charge in [-0.15, -0.1) is 0 Å². The molecule has 4 aromatic rings. The summed E-state index contributed by atoms with van der Waals surface area (Å²) in [5, 5.41) is 0. The monoisotopic (exact) mass is 485 g/mol. The largest absolute Gasteiger partial charge is 0.330 e. The number of carbonyl (C=O) groups is 1. The van der Waals surface area contributed by atoms with Gasteiger partial charge in [0.2, 0.25) is 10.0 Å². The van der Waals surface area contributed by atoms with Crippen LogP contribution in [0.4, 0.5) is 0 Å². The fraction of sp³-hybridized carbons (Fsp3) is 0.143. The fourth-order valence-electron chi connectivity index (χ4n) is 3.74. The van der Waals surface area contributed by atoms with E-state index in [0.717, 1.165) is 22.3 Å². The van der Waals surface area contributed by atoms with Crippen LogP contribution in [0, 0.1) is 6.92 Å². The Hall–Kier alpha value is -3.81. The molecule has 1 aromatic heterocycles. The molecule has 178 valence electrons. The van der Waals surface area contributed by atoms with E-state index in [4.69, 9.17) is 0 Å². The van der Waals surface area contributed by atoms with E-state index in [0.29, 0.717) is 18.7 Å². The summed E-state index contributed by atoms with van der Waals surface area (Å²) in [7, 11) is -3.80. The van der Waals surface area contributed by atoms with Crippen LogP contribution in [0.2, 0.25) is 0 Å². The Labute approximate surface area is 206 Å². The zero-order valence-corrected chi connectivity index (χ0v) is 20.3. The Bertz CT molecular complexity index is 1390. The second-order valence-corrected chi connectivity index (χ2v) is 10.1. The second kappa shape index (κ2) is 11.1. The number of nitrogens with one attached hydrogen (secondary N) is 1. The average molecular weight is 486 g/mol. The van der Waals surface area contributed by atoms with Crippen LogP contribution >= 0.6 is 0 Å². The summed E-state index contributed by atoms with van der Waals surface area (Å²) in [5.41, 5.74) is 4.16. The zero-order chi connectivity index (χ0) is 24.7. The van der Waals surface area contributed by atoms with Crippen LogP contribution in [0.1, 0.15) is 32.6 Å². The van der Waals surface area contributed by atoms with E-state index < -0.39 is 10.0 Å². The van der Waals surface area contributed by atoms with Gasteiger partial charge in [0.1, 0.15) is 0 Å². The maximum absolute atomic E-state index is 13.6. The summed E-state index contributed by atoms with van der Waals surface area (Å²) in [4.78, 5) is 19.5. The molecule has 0 aliphatic rings. The number of nitrogens with zero attached hydrogens (tertiary/aromatic N) is 2. The molecule has 6 nitrogen and oxygen atoms in total. The van der Waals surface area contributed by atoms with Crippen molar-refractivity contribution in [1.29, 1.82) is 0 Å². The van der Waals surface area contributed by atoms with Crippen molar-refractivity contribution in [2.45, 2.75) is 31.5 Å². The highest BCUT2D eigenvalue weighted by Crippen LogP contribution is 2.19. The van der Waals surface area contributed by atoms with Gasteiger partial charge in [-0.1, -0.05) is 66.7 Å². The first-order valence-electron chi connectivity index (χ1n) is 11.3. The molecule has 0 atom stereocenters. The lowest BCUT2D eigenvalue weighted by molar-refractivity contribution is 0.0729. The molecule has 7 heteroatoms. The van der Waals surface area contributed by atoms with Crippen molar-refractivity contribution in [2.24, 2.45) is 0 Å². The van der Waals surface area contributed by atoms with Crippen molar-refractivity contribution >= 4 is 15.9 Å². The van der Waals surface area contributed by atoms with Crippen LogP contribution in [0.25, 0.3) is 0 Å². The molecular weight excluding hydrogens is 458 g/mol. The zero-order valence-electron chi connectivity index (χ0n) is 19.5. The summed E-state index contributed by atoms with van der Waals surface area (Å²) in [5.74, 6) is -0.253. The van der Waals surface area contributed by atoms with E-state index >= 15 is 0 Å². The molecule has 1 amide bonds. The van der Waals surface area contributed by atoms with Gasteiger partial charge >= 0.3 is 0 Å². The molecule has 35 heavy (non-hydrogen) atoms. The van der Waals surface area contributed by atoms with Gasteiger partial charge in [-0.3, -0.25) is 9.78 Å². The number of carbonyl (C=O) groups excluding carboxylic acids is 1. The molecule has 0 spiro atoms. The summed E-state index contributed by atoms with van der Waals surface area (Å²) in [6.07, 6.45) is 3.42. The lowest BCUT2D eigenvalue weighted by Crippen LogP contribution is -2.31. The maximum Gasteiger partial charge on any atom is 0.254 e. The minimum Gasteiger partial charge on any atom is -0.330 e. The Kier molecular flexibility index (Phi) is 7.70. The third-order valence-corrected chi connectivity index (χ3v) is 7.11. The fourth-order valence-corrected chi connectivity index (χ4v) is 4.80. The quantitative estimate of drug-likeness (QED) is 0.372. The molecular formula is C28H27N3O3S. The summed E-state index contributed by atoms with van der Waals surface area (Å²) in [6, 6.07) is 27.1. The molecule has 0 aliphatic heterocycles. The van der Waals surface area contributed by atoms with Crippen molar-refractivity contribution in [1.82, 2.24) is 14.6 Å². The number of hydrogen-bond acceptors (Lipinski definition) is 4. The second-order valence-electron chi connectivity index (χ2n) is 8.29. The predicted octanol–water partition coefficient (Wildman–Crippen LogP) is 4.71. The summed E-state index contributed by atoms with van der Waals surface area (Å²) < 4.78 is 28.5. The normalized spacial score (nSPS) is 11.2. The Morgan fingerprint density at radius 1 is 0.857 bits per heavy atom. The van der Waals surface area contributed by atoms with Gasteiger partial charge in [0.25, 0.3) is 5.91 Å². The molecule has 0 fully saturated rings. The highest BCUT2D eigenvalue weighted by Gasteiger charge is 2.21. The first-order chi connectivity index (χ1) is 16.9. The number of hydrogen-bond donors (Lipinski definition) is 1. The van der Waals surface area contributed by atoms with E-state index in [9.17, 15) is 13.2 Å². The maximum atomic E-state index is 13.6. The molecule has 0 aliphatic carbocycles. The molecule has 0 saturated heterocycles. The number of amides is 1. The summed E-state index contributed by atoms with van der Waals surface area (Å²) >= 11 is 0. The van der Waals surface area contributed by atoms with Crippen molar-refractivity contribution in [3.05, 3.63) is 131 Å². The van der Waals surface area contributed by atoms with Crippen LogP contribution < -0.4 is 4.72 Å². The van der Waals surface area contributed by atoms with Crippen LogP contribution in [-0.2, 0) is 29.7 Å². The number of aryl methyl sites for hydroxylation is 1. The van der Waals surface area contributed by atoms with Crippen molar-refractivity contribution in [2.75, 3.05) is 0 Å². The molecule has 3 aromatic carbocycles. The Morgan fingerprint density at radius 2 is 1.60 bits per heavy atom. The molecule has 0 saturated carbocycles. The average Bonchev–Trinajstić information content (AvgIpc) is 2.89. The van der Waals surface area contributed by atoms with Crippen LogP contribution in [-0.4, -0.2) is 24.2 Å². The van der Waals surface area contributed by atoms with Crippen LogP contribution in [0.15, 0.2) is 108 Å². The van der Waals surface area contributed by atoms with Crippen molar-refractivity contribution in [3.8, 4) is 0 Å². The minimum atomic E-state index is -3.80. The number of pyridine rings is 1. The van der Waals surface area contributed by atoms with Crippen molar-refractivity contribution < 1.29 is 13.2 Å². The van der Waals surface area contributed by atoms with Gasteiger partial charge in [0.15, 0.2) is 0 Å². The SMILES string of the molecule is Cc1ccccc1CN(Cc1cccnc1)C(=O)c1cccc(S(=O)(=O)NCc2ccccc2)c1. The van der Waals surface area contributed by atoms with Crippen molar-refractivity contribution in [3.63, 3.8) is 0 Å². The van der Waals surface area contributed by atoms with Crippen LogP contribution in [0.5, 0.6) is 0 Å². The van der Waals surface area contributed by atoms with Gasteiger partial charge in [-0.2, -0.15) is 0 Å². The highest BCUT2D eigenvalue weighted by molar-refractivity contribution is 7.89. The Balaban J connectivity index is 1.59. The third kappa shape index (κ3) is 6.41. The number of aromatic nitrogens is 1. The smallest absolute Gasteiger partial charge is 0.254 e. The molecule has 4 rings (SSSR count). The van der Waals surface area contributed by atoms with E-state index in [1.54, 1.807) is 29.4 Å². The number of rotatable bonds is 9. The van der Waals surface area contributed by atoms with Gasteiger partial charge < -0.3 is 4.90 Å². The topological polar surface area (TPSA) is 79.4 Å². The molecule has 0 unspecified atom stereocenters. The van der Waals surface area contributed by atoms with Gasteiger partial charge in [0.05, 0.1) is 4.90 Å². The van der Waals surface area contributed by atoms with E-state index in [1.165, 1.54) is 12.1 Å². The Morgan fingerprint density at radius 3 is 2.34 bits per heavy atom. The molecule has 0 bridgehead atoms. The lowest BCUT2D eigenvalue weighted by atomic mass is 10.1. The molecule has 0 radical (unpaired) electrons. The lowest BCUT2D eigenvalue weighted by Gasteiger charge is -2.24. The minimum absolute atomic E-state index is 0.0523. The molecule has 1 heterocycles. The number of benzene rings is 3. The van der Waals surface area contributed by atoms with E-state index in [-0.39, 0.29) is 17.3 Å². The van der Waals surface area contributed by atoms with Crippen LogP contribution in [0.3, 0.4) is 0 Å². The van der Waals surface area contributed by atoms with E-state index in [2.05, 4.69) is 9.71 Å². The van der Waals surface area contributed by atoms with E-state index in [1.807, 2.05) is 73.7 Å². The standard InChI is InChI=1S/C28H27N3O3S/c1-22-9-5-6-13-26(22)21-31(20-24-12-8-16-29-18-24)28(32)25-14-7-15-27(17-25)35(33,34)30-19-23-10-3-2-4-11-23/h2-18,30H,19-21H2,1H3. The predicted molar refractivity (Wildman–Crippen MR) is 136 cm³/mol. The first-order valence-corrected chi connectivity index (χ1v) is 12.8. The number of sulfonamides is 1. The molecule has 1 N–H and O–H groups in total. The highest BCUT2D eigenvalue weighted by atomic mass is 32.2. The van der Waals surface area contributed by atoms with Gasteiger partial charge in [0, 0.05) is 37.6 Å². The van der Waals surface area contributed by atoms with Gasteiger partial charge in [-0.05, 0) is 53.4 Å². The summed E-state index contributed by atoms with van der Waals surface area (Å²) in [6.45, 7) is 2.92.